The third-order valence-corrected chi connectivity index (χ3v) is 5.40. The summed E-state index contributed by atoms with van der Waals surface area (Å²) in [7, 11) is 1.69. The Morgan fingerprint density at radius 1 is 1.26 bits per heavy atom. The van der Waals surface area contributed by atoms with Gasteiger partial charge in [0.1, 0.15) is 5.75 Å². The molecular weight excluding hydrogens is 338 g/mol. The van der Waals surface area contributed by atoms with Gasteiger partial charge in [-0.2, -0.15) is 0 Å². The lowest BCUT2D eigenvalue weighted by molar-refractivity contribution is 0.0705. The lowest BCUT2D eigenvalue weighted by Gasteiger charge is -2.32. The molecule has 4 rings (SSSR count). The second-order valence-corrected chi connectivity index (χ2v) is 7.06. The minimum atomic E-state index is 0.0476. The van der Waals surface area contributed by atoms with Gasteiger partial charge in [-0.25, -0.2) is 0 Å². The number of ether oxygens (including phenoxy) is 1. The molecule has 27 heavy (non-hydrogen) atoms. The van der Waals surface area contributed by atoms with Gasteiger partial charge in [0.25, 0.3) is 5.91 Å². The summed E-state index contributed by atoms with van der Waals surface area (Å²) in [5.41, 5.74) is 2.81. The normalized spacial score (nSPS) is 17.1. The number of carbonyl (C=O) groups is 1. The number of hydrogen-bond donors (Lipinski definition) is 0. The lowest BCUT2D eigenvalue weighted by Crippen LogP contribution is -2.39. The molecular formula is C22H23N3O2. The molecule has 1 aliphatic heterocycles. The van der Waals surface area contributed by atoms with Crippen LogP contribution in [0.5, 0.6) is 5.75 Å². The number of pyridine rings is 2. The van der Waals surface area contributed by atoms with Crippen LogP contribution in [0, 0.1) is 6.92 Å². The Labute approximate surface area is 159 Å². The van der Waals surface area contributed by atoms with E-state index in [4.69, 9.17) is 9.72 Å². The molecule has 1 fully saturated rings. The van der Waals surface area contributed by atoms with Crippen LogP contribution in [0.25, 0.3) is 10.8 Å². The van der Waals surface area contributed by atoms with Gasteiger partial charge >= 0.3 is 0 Å². The topological polar surface area (TPSA) is 55.3 Å². The van der Waals surface area contributed by atoms with Crippen molar-refractivity contribution in [2.75, 3.05) is 20.2 Å². The van der Waals surface area contributed by atoms with Crippen LogP contribution >= 0.6 is 0 Å². The zero-order valence-corrected chi connectivity index (χ0v) is 15.7. The first-order valence-corrected chi connectivity index (χ1v) is 9.30. The monoisotopic (exact) mass is 361 g/mol. The zero-order valence-electron chi connectivity index (χ0n) is 15.7. The Bertz CT molecular complexity index is 972. The molecule has 1 saturated heterocycles. The molecule has 1 amide bonds. The van der Waals surface area contributed by atoms with Gasteiger partial charge in [-0.15, -0.1) is 0 Å². The van der Waals surface area contributed by atoms with E-state index >= 15 is 0 Å². The predicted molar refractivity (Wildman–Crippen MR) is 105 cm³/mol. The fourth-order valence-electron chi connectivity index (χ4n) is 3.88. The molecule has 2 aromatic heterocycles. The number of benzene rings is 1. The van der Waals surface area contributed by atoms with E-state index in [1.807, 2.05) is 29.3 Å². The number of aryl methyl sites for hydroxylation is 1. The number of fused-ring (bicyclic) bond motifs is 1. The van der Waals surface area contributed by atoms with Crippen molar-refractivity contribution in [1.82, 2.24) is 14.9 Å². The van der Waals surface area contributed by atoms with E-state index in [0.717, 1.165) is 47.2 Å². The molecule has 0 aliphatic carbocycles. The second-order valence-electron chi connectivity index (χ2n) is 7.06. The van der Waals surface area contributed by atoms with E-state index in [0.29, 0.717) is 12.1 Å². The van der Waals surface area contributed by atoms with Crippen molar-refractivity contribution in [3.05, 3.63) is 65.7 Å². The van der Waals surface area contributed by atoms with Crippen LogP contribution in [0.4, 0.5) is 0 Å². The van der Waals surface area contributed by atoms with Crippen LogP contribution in [0.15, 0.2) is 48.9 Å². The number of aromatic nitrogens is 2. The first-order valence-electron chi connectivity index (χ1n) is 9.30. The van der Waals surface area contributed by atoms with Crippen molar-refractivity contribution in [2.24, 2.45) is 0 Å². The fourth-order valence-corrected chi connectivity index (χ4v) is 3.88. The molecule has 0 N–H and O–H groups in total. The van der Waals surface area contributed by atoms with Crippen LogP contribution < -0.4 is 4.74 Å². The maximum Gasteiger partial charge on any atom is 0.255 e. The third-order valence-electron chi connectivity index (χ3n) is 5.40. The van der Waals surface area contributed by atoms with E-state index in [9.17, 15) is 4.79 Å². The molecule has 3 aromatic rings. The van der Waals surface area contributed by atoms with Crippen LogP contribution in [0.3, 0.4) is 0 Å². The number of piperidine rings is 1. The van der Waals surface area contributed by atoms with Gasteiger partial charge in [0.05, 0.1) is 12.7 Å². The lowest BCUT2D eigenvalue weighted by atomic mass is 9.92. The van der Waals surface area contributed by atoms with E-state index in [-0.39, 0.29) is 11.8 Å². The van der Waals surface area contributed by atoms with Gasteiger partial charge in [0.15, 0.2) is 0 Å². The molecule has 0 bridgehead atoms. The Morgan fingerprint density at radius 2 is 2.15 bits per heavy atom. The summed E-state index contributed by atoms with van der Waals surface area (Å²) >= 11 is 0. The van der Waals surface area contributed by atoms with Gasteiger partial charge in [-0.1, -0.05) is 0 Å². The molecule has 1 aromatic carbocycles. The summed E-state index contributed by atoms with van der Waals surface area (Å²) in [6.45, 7) is 3.55. The molecule has 5 nitrogen and oxygen atoms in total. The summed E-state index contributed by atoms with van der Waals surface area (Å²) in [5, 5.41) is 2.27. The third kappa shape index (κ3) is 3.37. The number of nitrogens with zero attached hydrogens (tertiary/aromatic N) is 3. The summed E-state index contributed by atoms with van der Waals surface area (Å²) in [5.74, 6) is 1.18. The molecule has 0 unspecified atom stereocenters. The number of rotatable bonds is 3. The van der Waals surface area contributed by atoms with Crippen LogP contribution in [0.2, 0.25) is 0 Å². The average Bonchev–Trinajstić information content (AvgIpc) is 2.74. The van der Waals surface area contributed by atoms with Gasteiger partial charge in [0.2, 0.25) is 0 Å². The quantitative estimate of drug-likeness (QED) is 0.708. The standard InChI is InChI=1S/C22H23N3O2/c1-15-19-11-20(24-13-16(19)7-8-21(15)27-2)18-6-4-10-25(14-18)22(26)17-5-3-9-23-12-17/h3,5,7-9,11-13,18H,4,6,10,14H2,1-2H3/t18-/m0/s1. The van der Waals surface area contributed by atoms with Gasteiger partial charge in [-0.05, 0) is 61.0 Å². The number of likely N-dealkylation sites (tertiary alicyclic amines) is 1. The first-order chi connectivity index (χ1) is 13.2. The van der Waals surface area contributed by atoms with Crippen LogP contribution in [-0.2, 0) is 0 Å². The largest absolute Gasteiger partial charge is 0.496 e. The fraction of sp³-hybridized carbons (Fsp3) is 0.318. The molecule has 0 radical (unpaired) electrons. The maximum absolute atomic E-state index is 12.8. The maximum atomic E-state index is 12.8. The van der Waals surface area contributed by atoms with Gasteiger partial charge in [-0.3, -0.25) is 14.8 Å². The number of carbonyl (C=O) groups excluding carboxylic acids is 1. The minimum Gasteiger partial charge on any atom is -0.496 e. The van der Waals surface area contributed by atoms with Crippen molar-refractivity contribution >= 4 is 16.7 Å². The molecule has 0 spiro atoms. The Kier molecular flexibility index (Phi) is 4.75. The minimum absolute atomic E-state index is 0.0476. The van der Waals surface area contributed by atoms with E-state index < -0.39 is 0 Å². The second kappa shape index (κ2) is 7.35. The molecule has 5 heteroatoms. The molecule has 138 valence electrons. The number of hydrogen-bond acceptors (Lipinski definition) is 4. The van der Waals surface area contributed by atoms with E-state index in [1.165, 1.54) is 0 Å². The summed E-state index contributed by atoms with van der Waals surface area (Å²) in [4.78, 5) is 23.5. The van der Waals surface area contributed by atoms with Crippen LogP contribution in [0.1, 0.15) is 40.4 Å². The highest BCUT2D eigenvalue weighted by Gasteiger charge is 2.26. The predicted octanol–water partition coefficient (Wildman–Crippen LogP) is 3.97. The SMILES string of the molecule is COc1ccc2cnc([C@H]3CCCN(C(=O)c4cccnc4)C3)cc2c1C. The van der Waals surface area contributed by atoms with Gasteiger partial charge in [0, 0.05) is 48.7 Å². The van der Waals surface area contributed by atoms with Crippen LogP contribution in [-0.4, -0.2) is 41.0 Å². The molecule has 3 heterocycles. The number of methoxy groups -OCH3 is 1. The average molecular weight is 361 g/mol. The Hall–Kier alpha value is -2.95. The zero-order chi connectivity index (χ0) is 18.8. The van der Waals surface area contributed by atoms with Crippen molar-refractivity contribution in [3.8, 4) is 5.75 Å². The Morgan fingerprint density at radius 3 is 2.93 bits per heavy atom. The van der Waals surface area contributed by atoms with Crippen molar-refractivity contribution in [1.29, 1.82) is 0 Å². The first kappa shape index (κ1) is 17.5. The van der Waals surface area contributed by atoms with E-state index in [1.54, 1.807) is 25.6 Å². The Balaban J connectivity index is 1.61. The molecule has 1 atom stereocenters. The van der Waals surface area contributed by atoms with Gasteiger partial charge < -0.3 is 9.64 Å². The summed E-state index contributed by atoms with van der Waals surface area (Å²) in [6, 6.07) is 9.81. The highest BCUT2D eigenvalue weighted by Crippen LogP contribution is 2.31. The van der Waals surface area contributed by atoms with Crippen molar-refractivity contribution in [3.63, 3.8) is 0 Å². The van der Waals surface area contributed by atoms with Crippen molar-refractivity contribution in [2.45, 2.75) is 25.7 Å². The summed E-state index contributed by atoms with van der Waals surface area (Å²) in [6.07, 6.45) is 7.27. The summed E-state index contributed by atoms with van der Waals surface area (Å²) < 4.78 is 5.46. The highest BCUT2D eigenvalue weighted by molar-refractivity contribution is 5.94. The molecule has 1 aliphatic rings. The number of amides is 1. The highest BCUT2D eigenvalue weighted by atomic mass is 16.5. The smallest absolute Gasteiger partial charge is 0.255 e. The van der Waals surface area contributed by atoms with E-state index in [2.05, 4.69) is 18.0 Å². The molecule has 0 saturated carbocycles. The van der Waals surface area contributed by atoms with Crippen molar-refractivity contribution < 1.29 is 9.53 Å².